The second-order valence-corrected chi connectivity index (χ2v) is 5.41. The number of amides is 2. The van der Waals surface area contributed by atoms with Gasteiger partial charge in [-0.2, -0.15) is 0 Å². The van der Waals surface area contributed by atoms with Crippen LogP contribution in [0, 0.1) is 13.8 Å². The summed E-state index contributed by atoms with van der Waals surface area (Å²) in [5.74, 6) is -0.519. The third-order valence-corrected chi connectivity index (χ3v) is 3.51. The lowest BCUT2D eigenvalue weighted by atomic mass is 10.1. The average Bonchev–Trinajstić information content (AvgIpc) is 2.81. The van der Waals surface area contributed by atoms with Crippen molar-refractivity contribution in [3.8, 4) is 5.75 Å². The molecule has 0 unspecified atom stereocenters. The molecule has 0 saturated carbocycles. The highest BCUT2D eigenvalue weighted by Crippen LogP contribution is 2.21. The van der Waals surface area contributed by atoms with Gasteiger partial charge in [-0.1, -0.05) is 0 Å². The molecule has 0 fully saturated rings. The first-order valence-corrected chi connectivity index (χ1v) is 7.32. The molecule has 1 heterocycles. The minimum atomic E-state index is -0.564. The van der Waals surface area contributed by atoms with Crippen molar-refractivity contribution in [2.75, 3.05) is 11.9 Å². The van der Waals surface area contributed by atoms with Crippen molar-refractivity contribution >= 4 is 23.3 Å². The fourth-order valence-electron chi connectivity index (χ4n) is 2.49. The van der Waals surface area contributed by atoms with Crippen LogP contribution in [0.2, 0.25) is 0 Å². The van der Waals surface area contributed by atoms with Crippen LogP contribution in [-0.4, -0.2) is 29.2 Å². The lowest BCUT2D eigenvalue weighted by Crippen LogP contribution is -2.20. The Labute approximate surface area is 139 Å². The summed E-state index contributed by atoms with van der Waals surface area (Å²) < 4.78 is 5.15. The smallest absolute Gasteiger partial charge is 0.272 e. The van der Waals surface area contributed by atoms with Crippen molar-refractivity contribution < 1.29 is 19.1 Å². The first-order valence-electron chi connectivity index (χ1n) is 7.32. The lowest BCUT2D eigenvalue weighted by Gasteiger charge is -2.07. The molecule has 2 amide bonds. The van der Waals surface area contributed by atoms with Crippen molar-refractivity contribution in [2.24, 2.45) is 5.73 Å². The Balaban J connectivity index is 2.11. The fourth-order valence-corrected chi connectivity index (χ4v) is 2.49. The summed E-state index contributed by atoms with van der Waals surface area (Å²) in [6.07, 6.45) is 0. The zero-order valence-electron chi connectivity index (χ0n) is 13.7. The summed E-state index contributed by atoms with van der Waals surface area (Å²) in [5, 5.41) is 2.74. The third kappa shape index (κ3) is 3.81. The van der Waals surface area contributed by atoms with Crippen LogP contribution < -0.4 is 15.8 Å². The number of nitrogens with one attached hydrogen (secondary N) is 2. The van der Waals surface area contributed by atoms with Gasteiger partial charge in [0.2, 0.25) is 0 Å². The number of aryl methyl sites for hydroxylation is 1. The highest BCUT2D eigenvalue weighted by Gasteiger charge is 2.19. The van der Waals surface area contributed by atoms with Gasteiger partial charge in [0.05, 0.1) is 0 Å². The summed E-state index contributed by atoms with van der Waals surface area (Å²) in [7, 11) is 0. The van der Waals surface area contributed by atoms with Gasteiger partial charge >= 0.3 is 0 Å². The second-order valence-electron chi connectivity index (χ2n) is 5.41. The maximum Gasteiger partial charge on any atom is 0.272 e. The number of rotatable bonds is 6. The standard InChI is InChI=1S/C17H19N3O4/c1-9-15(11(3)21)10(2)19-16(9)17(23)20-12-4-6-13(7-5-12)24-8-14(18)22/h4-7,19H,8H2,1-3H3,(H2,18,22)(H,20,23). The number of carbonyl (C=O) groups is 3. The van der Waals surface area contributed by atoms with Gasteiger partial charge in [0, 0.05) is 16.9 Å². The normalized spacial score (nSPS) is 10.3. The zero-order chi connectivity index (χ0) is 17.9. The van der Waals surface area contributed by atoms with Crippen molar-refractivity contribution in [2.45, 2.75) is 20.8 Å². The summed E-state index contributed by atoms with van der Waals surface area (Å²) >= 11 is 0. The van der Waals surface area contributed by atoms with E-state index in [0.717, 1.165) is 0 Å². The number of hydrogen-bond donors (Lipinski definition) is 3. The van der Waals surface area contributed by atoms with E-state index in [0.29, 0.717) is 34.0 Å². The molecule has 4 N–H and O–H groups in total. The van der Waals surface area contributed by atoms with Crippen molar-refractivity contribution in [1.29, 1.82) is 0 Å². The molecular weight excluding hydrogens is 310 g/mol. The first kappa shape index (κ1) is 17.3. The molecule has 2 rings (SSSR count). The van der Waals surface area contributed by atoms with Crippen molar-refractivity contribution in [3.63, 3.8) is 0 Å². The van der Waals surface area contributed by atoms with Crippen LogP contribution in [0.25, 0.3) is 0 Å². The van der Waals surface area contributed by atoms with E-state index < -0.39 is 5.91 Å². The number of carbonyl (C=O) groups excluding carboxylic acids is 3. The molecule has 1 aromatic carbocycles. The van der Waals surface area contributed by atoms with Crippen LogP contribution in [0.3, 0.4) is 0 Å². The van der Waals surface area contributed by atoms with E-state index >= 15 is 0 Å². The summed E-state index contributed by atoms with van der Waals surface area (Å²) in [6, 6.07) is 6.52. The quantitative estimate of drug-likeness (QED) is 0.703. The maximum absolute atomic E-state index is 12.4. The molecular formula is C17H19N3O4. The van der Waals surface area contributed by atoms with E-state index in [9.17, 15) is 14.4 Å². The van der Waals surface area contributed by atoms with Gasteiger partial charge in [-0.15, -0.1) is 0 Å². The predicted molar refractivity (Wildman–Crippen MR) is 89.4 cm³/mol. The molecule has 2 aromatic rings. The van der Waals surface area contributed by atoms with E-state index in [1.54, 1.807) is 38.1 Å². The number of hydrogen-bond acceptors (Lipinski definition) is 4. The van der Waals surface area contributed by atoms with Crippen molar-refractivity contribution in [3.05, 3.63) is 46.8 Å². The van der Waals surface area contributed by atoms with Gasteiger partial charge in [-0.25, -0.2) is 0 Å². The van der Waals surface area contributed by atoms with Crippen LogP contribution in [0.4, 0.5) is 5.69 Å². The van der Waals surface area contributed by atoms with Crippen molar-refractivity contribution in [1.82, 2.24) is 4.98 Å². The SMILES string of the molecule is CC(=O)c1c(C)[nH]c(C(=O)Nc2ccc(OCC(N)=O)cc2)c1C. The Morgan fingerprint density at radius 1 is 1.17 bits per heavy atom. The summed E-state index contributed by atoms with van der Waals surface area (Å²) in [4.78, 5) is 37.6. The number of aromatic amines is 1. The van der Waals surface area contributed by atoms with Gasteiger partial charge in [-0.3, -0.25) is 14.4 Å². The molecule has 0 aliphatic carbocycles. The molecule has 0 saturated heterocycles. The van der Waals surface area contributed by atoms with E-state index in [-0.39, 0.29) is 18.3 Å². The van der Waals surface area contributed by atoms with Gasteiger partial charge in [0.25, 0.3) is 11.8 Å². The Bertz CT molecular complexity index is 791. The third-order valence-electron chi connectivity index (χ3n) is 3.51. The molecule has 0 radical (unpaired) electrons. The van der Waals surface area contributed by atoms with Gasteiger partial charge in [0.1, 0.15) is 11.4 Å². The number of benzene rings is 1. The highest BCUT2D eigenvalue weighted by molar-refractivity contribution is 6.07. The van der Waals surface area contributed by atoms with Crippen LogP contribution in [0.1, 0.15) is 39.0 Å². The molecule has 1 aromatic heterocycles. The Kier molecular flexibility index (Phi) is 5.03. The minimum absolute atomic E-state index is 0.0868. The first-order chi connectivity index (χ1) is 11.3. The van der Waals surface area contributed by atoms with E-state index in [1.165, 1.54) is 6.92 Å². The lowest BCUT2D eigenvalue weighted by molar-refractivity contribution is -0.119. The molecule has 0 atom stereocenters. The number of anilines is 1. The molecule has 24 heavy (non-hydrogen) atoms. The second kappa shape index (κ2) is 6.99. The highest BCUT2D eigenvalue weighted by atomic mass is 16.5. The number of primary amides is 1. The summed E-state index contributed by atoms with van der Waals surface area (Å²) in [5.41, 5.74) is 7.74. The monoisotopic (exact) mass is 329 g/mol. The number of Topliss-reactive ketones (excluding diaryl/α,β-unsaturated/α-hetero) is 1. The van der Waals surface area contributed by atoms with E-state index in [1.807, 2.05) is 0 Å². The molecule has 0 bridgehead atoms. The maximum atomic E-state index is 12.4. The number of ether oxygens (including phenoxy) is 1. The predicted octanol–water partition coefficient (Wildman–Crippen LogP) is 1.95. The Hall–Kier alpha value is -3.09. The average molecular weight is 329 g/mol. The molecule has 0 spiro atoms. The van der Waals surface area contributed by atoms with Crippen LogP contribution in [0.5, 0.6) is 5.75 Å². The zero-order valence-corrected chi connectivity index (χ0v) is 13.7. The Morgan fingerprint density at radius 2 is 1.79 bits per heavy atom. The van der Waals surface area contributed by atoms with E-state index in [2.05, 4.69) is 10.3 Å². The number of aromatic nitrogens is 1. The van der Waals surface area contributed by atoms with Gasteiger partial charge < -0.3 is 20.8 Å². The minimum Gasteiger partial charge on any atom is -0.484 e. The van der Waals surface area contributed by atoms with Crippen LogP contribution in [0.15, 0.2) is 24.3 Å². The number of H-pyrrole nitrogens is 1. The number of ketones is 1. The van der Waals surface area contributed by atoms with E-state index in [4.69, 9.17) is 10.5 Å². The number of nitrogens with two attached hydrogens (primary N) is 1. The molecule has 0 aliphatic rings. The molecule has 0 aliphatic heterocycles. The van der Waals surface area contributed by atoms with Crippen LogP contribution in [-0.2, 0) is 4.79 Å². The molecule has 7 heteroatoms. The van der Waals surface area contributed by atoms with Gasteiger partial charge in [0.15, 0.2) is 12.4 Å². The molecule has 7 nitrogen and oxygen atoms in total. The van der Waals surface area contributed by atoms with Crippen LogP contribution >= 0.6 is 0 Å². The fraction of sp³-hybridized carbons (Fsp3) is 0.235. The topological polar surface area (TPSA) is 114 Å². The molecule has 126 valence electrons. The van der Waals surface area contributed by atoms with Gasteiger partial charge in [-0.05, 0) is 50.6 Å². The largest absolute Gasteiger partial charge is 0.484 e. The Morgan fingerprint density at radius 3 is 2.29 bits per heavy atom. The summed E-state index contributed by atoms with van der Waals surface area (Å²) in [6.45, 7) is 4.75.